The van der Waals surface area contributed by atoms with Gasteiger partial charge in [0.2, 0.25) is 5.71 Å². The van der Waals surface area contributed by atoms with E-state index in [1.165, 1.54) is 0 Å². The summed E-state index contributed by atoms with van der Waals surface area (Å²) in [4.78, 5) is 11.4. The second-order valence-electron chi connectivity index (χ2n) is 7.32. The topological polar surface area (TPSA) is 115 Å². The lowest BCUT2D eigenvalue weighted by Crippen LogP contribution is -2.18. The largest absolute Gasteiger partial charge is 0.278 e. The summed E-state index contributed by atoms with van der Waals surface area (Å²) in [6, 6.07) is 5.16. The first-order valence-corrected chi connectivity index (χ1v) is 7.52. The number of nitriles is 2. The molecule has 1 aromatic rings. The van der Waals surface area contributed by atoms with Crippen LogP contribution in [0, 0.1) is 39.7 Å². The van der Waals surface area contributed by atoms with Crippen LogP contribution in [0.3, 0.4) is 0 Å². The van der Waals surface area contributed by atoms with Crippen LogP contribution in [0.25, 0.3) is 0 Å². The van der Waals surface area contributed by atoms with Crippen LogP contribution in [0.4, 0.5) is 11.4 Å². The van der Waals surface area contributed by atoms with Crippen molar-refractivity contribution in [2.45, 2.75) is 51.9 Å². The molecule has 1 aromatic carbocycles. The molecule has 0 fully saturated rings. The monoisotopic (exact) mass is 325 g/mol. The number of hydrogen-bond acceptors (Lipinski definition) is 6. The smallest absolute Gasteiger partial charge is 0.276 e. The quantitative estimate of drug-likeness (QED) is 0.517. The summed E-state index contributed by atoms with van der Waals surface area (Å²) in [6.45, 7) is 9.80. The maximum absolute atomic E-state index is 11.7. The van der Waals surface area contributed by atoms with Gasteiger partial charge in [-0.25, -0.2) is 0 Å². The Morgan fingerprint density at radius 1 is 1.29 bits per heavy atom. The second-order valence-corrected chi connectivity index (χ2v) is 7.32. The van der Waals surface area contributed by atoms with Crippen LogP contribution >= 0.6 is 0 Å². The molecule has 7 nitrogen and oxygen atoms in total. The first-order valence-electron chi connectivity index (χ1n) is 7.52. The number of nitro benzene ring substituents is 1. The van der Waals surface area contributed by atoms with E-state index in [1.54, 1.807) is 19.1 Å². The number of hydrogen-bond donors (Lipinski definition) is 1. The number of rotatable bonds is 3. The van der Waals surface area contributed by atoms with Gasteiger partial charge >= 0.3 is 0 Å². The molecule has 0 unspecified atom stereocenters. The van der Waals surface area contributed by atoms with E-state index in [0.717, 1.165) is 17.5 Å². The fraction of sp³-hybridized carbons (Fsp3) is 0.471. The molecule has 0 aliphatic heterocycles. The zero-order valence-electron chi connectivity index (χ0n) is 14.4. The highest BCUT2D eigenvalue weighted by Crippen LogP contribution is 2.54. The van der Waals surface area contributed by atoms with Crippen molar-refractivity contribution in [2.75, 3.05) is 5.43 Å². The normalized spacial score (nSPS) is 16.5. The third-order valence-electron chi connectivity index (χ3n) is 4.53. The summed E-state index contributed by atoms with van der Waals surface area (Å²) in [6.07, 6.45) is 0.796. The zero-order chi connectivity index (χ0) is 18.3. The van der Waals surface area contributed by atoms with Gasteiger partial charge in [0.1, 0.15) is 12.1 Å². The van der Waals surface area contributed by atoms with E-state index in [2.05, 4.69) is 24.4 Å². The van der Waals surface area contributed by atoms with Crippen molar-refractivity contribution in [2.24, 2.45) is 5.10 Å². The Bertz CT molecular complexity index is 822. The van der Waals surface area contributed by atoms with Gasteiger partial charge in [-0.3, -0.25) is 15.5 Å². The molecule has 0 atom stereocenters. The van der Waals surface area contributed by atoms with Gasteiger partial charge in [-0.2, -0.15) is 15.6 Å². The molecule has 7 heteroatoms. The first kappa shape index (κ1) is 17.4. The first-order chi connectivity index (χ1) is 11.0. The maximum atomic E-state index is 11.7. The Morgan fingerprint density at radius 3 is 2.38 bits per heavy atom. The van der Waals surface area contributed by atoms with Crippen LogP contribution in [-0.2, 0) is 10.8 Å². The third kappa shape index (κ3) is 2.69. The number of nitrogens with one attached hydrogen (secondary N) is 1. The Labute approximate surface area is 140 Å². The third-order valence-corrected chi connectivity index (χ3v) is 4.53. The molecular weight excluding hydrogens is 306 g/mol. The number of benzene rings is 1. The molecule has 0 saturated heterocycles. The van der Waals surface area contributed by atoms with Gasteiger partial charge in [-0.05, 0) is 35.8 Å². The predicted molar refractivity (Wildman–Crippen MR) is 90.8 cm³/mol. The fourth-order valence-electron chi connectivity index (χ4n) is 3.81. The minimum absolute atomic E-state index is 0.0799. The van der Waals surface area contributed by atoms with Crippen molar-refractivity contribution in [3.63, 3.8) is 0 Å². The number of hydrazone groups is 1. The number of nitrogens with zero attached hydrogens (tertiary/aromatic N) is 4. The summed E-state index contributed by atoms with van der Waals surface area (Å²) in [5, 5.41) is 33.0. The molecule has 1 aliphatic carbocycles. The van der Waals surface area contributed by atoms with Crippen LogP contribution < -0.4 is 5.43 Å². The molecule has 0 aromatic heterocycles. The van der Waals surface area contributed by atoms with Crippen molar-refractivity contribution in [3.05, 3.63) is 32.9 Å². The molecule has 1 aliphatic rings. The summed E-state index contributed by atoms with van der Waals surface area (Å²) >= 11 is 0. The lowest BCUT2D eigenvalue weighted by atomic mass is 9.81. The van der Waals surface area contributed by atoms with E-state index in [0.29, 0.717) is 11.3 Å². The Hall–Kier alpha value is -2.93. The van der Waals surface area contributed by atoms with Crippen LogP contribution in [0.2, 0.25) is 0 Å². The van der Waals surface area contributed by atoms with Gasteiger partial charge in [0.05, 0.1) is 16.2 Å². The van der Waals surface area contributed by atoms with Crippen LogP contribution in [0.5, 0.6) is 0 Å². The summed E-state index contributed by atoms with van der Waals surface area (Å²) in [5.74, 6) is 0. The van der Waals surface area contributed by atoms with Gasteiger partial charge in [0.25, 0.3) is 5.69 Å². The summed E-state index contributed by atoms with van der Waals surface area (Å²) < 4.78 is 0. The minimum atomic E-state index is -0.359. The Balaban J connectivity index is 2.74. The van der Waals surface area contributed by atoms with Crippen molar-refractivity contribution < 1.29 is 4.92 Å². The molecular formula is C17H19N5O2. The van der Waals surface area contributed by atoms with Gasteiger partial charge < -0.3 is 0 Å². The molecule has 0 amide bonds. The SMILES string of the molecule is Cc1c(NN=C(C#N)C#N)cc2c(c1[N+](=O)[O-])C(C)(C)CC2(C)C. The van der Waals surface area contributed by atoms with Crippen molar-refractivity contribution >= 4 is 17.1 Å². The molecule has 0 heterocycles. The molecule has 0 spiro atoms. The van der Waals surface area contributed by atoms with Crippen LogP contribution in [0.15, 0.2) is 11.2 Å². The van der Waals surface area contributed by atoms with Gasteiger partial charge in [-0.1, -0.05) is 27.7 Å². The van der Waals surface area contributed by atoms with Crippen molar-refractivity contribution in [3.8, 4) is 12.1 Å². The molecule has 0 saturated carbocycles. The molecule has 124 valence electrons. The maximum Gasteiger partial charge on any atom is 0.278 e. The van der Waals surface area contributed by atoms with Crippen molar-refractivity contribution in [1.29, 1.82) is 10.5 Å². The van der Waals surface area contributed by atoms with E-state index >= 15 is 0 Å². The van der Waals surface area contributed by atoms with E-state index in [4.69, 9.17) is 10.5 Å². The predicted octanol–water partition coefficient (Wildman–Crippen LogP) is 3.68. The van der Waals surface area contributed by atoms with Crippen LogP contribution in [0.1, 0.15) is 50.8 Å². The number of fused-ring (bicyclic) bond motifs is 1. The minimum Gasteiger partial charge on any atom is -0.276 e. The number of nitro groups is 1. The van der Waals surface area contributed by atoms with E-state index in [-0.39, 0.29) is 27.2 Å². The van der Waals surface area contributed by atoms with Gasteiger partial charge in [0, 0.05) is 5.56 Å². The highest BCUT2D eigenvalue weighted by atomic mass is 16.6. The lowest BCUT2D eigenvalue weighted by Gasteiger charge is -2.22. The average molecular weight is 325 g/mol. The van der Waals surface area contributed by atoms with E-state index < -0.39 is 0 Å². The zero-order valence-corrected chi connectivity index (χ0v) is 14.4. The van der Waals surface area contributed by atoms with E-state index in [9.17, 15) is 10.1 Å². The van der Waals surface area contributed by atoms with Gasteiger partial charge in [-0.15, -0.1) is 0 Å². The highest BCUT2D eigenvalue weighted by molar-refractivity contribution is 6.10. The molecule has 0 radical (unpaired) electrons. The standard InChI is InChI=1S/C17H19N5O2/c1-10-13(21-20-11(7-18)8-19)6-12-14(15(10)22(23)24)17(4,5)9-16(12,2)3/h6,21H,9H2,1-5H3. The Morgan fingerprint density at radius 2 is 1.88 bits per heavy atom. The fourth-order valence-corrected chi connectivity index (χ4v) is 3.81. The lowest BCUT2D eigenvalue weighted by molar-refractivity contribution is -0.386. The van der Waals surface area contributed by atoms with E-state index in [1.807, 2.05) is 19.9 Å². The molecule has 0 bridgehead atoms. The van der Waals surface area contributed by atoms with Crippen LogP contribution in [-0.4, -0.2) is 10.6 Å². The summed E-state index contributed by atoms with van der Waals surface area (Å²) in [5.41, 5.74) is 4.41. The number of anilines is 1. The molecule has 1 N–H and O–H groups in total. The molecule has 2 rings (SSSR count). The van der Waals surface area contributed by atoms with Gasteiger partial charge in [0.15, 0.2) is 0 Å². The Kier molecular flexibility index (Phi) is 4.07. The highest BCUT2D eigenvalue weighted by Gasteiger charge is 2.47. The molecule has 24 heavy (non-hydrogen) atoms. The average Bonchev–Trinajstić information content (AvgIpc) is 2.64. The van der Waals surface area contributed by atoms with Crippen molar-refractivity contribution in [1.82, 2.24) is 0 Å². The summed E-state index contributed by atoms with van der Waals surface area (Å²) in [7, 11) is 0. The second kappa shape index (κ2) is 5.61.